The van der Waals surface area contributed by atoms with E-state index in [-0.39, 0.29) is 15.5 Å². The molecule has 1 aliphatic rings. The molecule has 0 radical (unpaired) electrons. The van der Waals surface area contributed by atoms with Gasteiger partial charge in [0.1, 0.15) is 11.6 Å². The first-order chi connectivity index (χ1) is 7.49. The van der Waals surface area contributed by atoms with Crippen molar-refractivity contribution in [2.45, 2.75) is 25.8 Å². The summed E-state index contributed by atoms with van der Waals surface area (Å²) in [4.78, 5) is 0. The summed E-state index contributed by atoms with van der Waals surface area (Å²) in [5.41, 5.74) is 2.41. The van der Waals surface area contributed by atoms with Crippen LogP contribution in [0.25, 0.3) is 0 Å². The zero-order valence-electron chi connectivity index (χ0n) is 8.86. The Balaban J connectivity index is 2.49. The van der Waals surface area contributed by atoms with Gasteiger partial charge in [-0.05, 0) is 46.3 Å². The zero-order chi connectivity index (χ0) is 11.9. The highest BCUT2D eigenvalue weighted by molar-refractivity contribution is 9.10. The van der Waals surface area contributed by atoms with Gasteiger partial charge in [-0.1, -0.05) is 6.92 Å². The molecule has 0 spiro atoms. The fraction of sp³-hybridized carbons (Fsp3) is 0.455. The second-order valence-corrected chi connectivity index (χ2v) is 5.36. The third-order valence-corrected chi connectivity index (χ3v) is 3.88. The molecule has 1 atom stereocenters. The van der Waals surface area contributed by atoms with Gasteiger partial charge >= 0.3 is 0 Å². The normalized spacial score (nSPS) is 19.6. The predicted molar refractivity (Wildman–Crippen MR) is 61.5 cm³/mol. The van der Waals surface area contributed by atoms with Crippen LogP contribution in [-0.4, -0.2) is 0 Å². The van der Waals surface area contributed by atoms with E-state index in [0.717, 1.165) is 12.8 Å². The first-order valence-electron chi connectivity index (χ1n) is 5.09. The molecule has 0 heterocycles. The quantitative estimate of drug-likeness (QED) is 0.510. The second-order valence-electron chi connectivity index (χ2n) is 4.51. The molecule has 1 aliphatic carbocycles. The van der Waals surface area contributed by atoms with Gasteiger partial charge in [0.25, 0.3) is 0 Å². The van der Waals surface area contributed by atoms with Crippen molar-refractivity contribution in [1.29, 1.82) is 0 Å². The van der Waals surface area contributed by atoms with Gasteiger partial charge in [0.05, 0.1) is 10.5 Å². The van der Waals surface area contributed by atoms with Gasteiger partial charge < -0.3 is 0 Å². The van der Waals surface area contributed by atoms with E-state index in [9.17, 15) is 8.78 Å². The lowest BCUT2D eigenvalue weighted by Gasteiger charge is -2.24. The SMILES string of the molecule is CC1(C(NN)c2c(F)ccc(Br)c2F)CC1. The van der Waals surface area contributed by atoms with Crippen molar-refractivity contribution in [2.75, 3.05) is 0 Å². The summed E-state index contributed by atoms with van der Waals surface area (Å²) < 4.78 is 27.8. The van der Waals surface area contributed by atoms with Gasteiger partial charge in [-0.2, -0.15) is 0 Å². The van der Waals surface area contributed by atoms with Crippen molar-refractivity contribution in [1.82, 2.24) is 5.43 Å². The topological polar surface area (TPSA) is 38.0 Å². The van der Waals surface area contributed by atoms with Crippen molar-refractivity contribution >= 4 is 15.9 Å². The van der Waals surface area contributed by atoms with Gasteiger partial charge in [-0.3, -0.25) is 11.3 Å². The number of nitrogens with one attached hydrogen (secondary N) is 1. The van der Waals surface area contributed by atoms with E-state index in [2.05, 4.69) is 21.4 Å². The summed E-state index contributed by atoms with van der Waals surface area (Å²) in [6.45, 7) is 1.97. The summed E-state index contributed by atoms with van der Waals surface area (Å²) in [7, 11) is 0. The molecule has 0 amide bonds. The Morgan fingerprint density at radius 1 is 1.44 bits per heavy atom. The lowest BCUT2D eigenvalue weighted by molar-refractivity contribution is 0.346. The third-order valence-electron chi connectivity index (χ3n) is 3.27. The smallest absolute Gasteiger partial charge is 0.145 e. The highest BCUT2D eigenvalue weighted by Crippen LogP contribution is 2.55. The Bertz CT molecular complexity index is 419. The van der Waals surface area contributed by atoms with Crippen molar-refractivity contribution in [3.63, 3.8) is 0 Å². The molecule has 0 aromatic heterocycles. The van der Waals surface area contributed by atoms with E-state index < -0.39 is 17.7 Å². The molecule has 1 aromatic rings. The molecule has 1 saturated carbocycles. The van der Waals surface area contributed by atoms with Crippen LogP contribution in [0.15, 0.2) is 16.6 Å². The van der Waals surface area contributed by atoms with Crippen LogP contribution in [0.2, 0.25) is 0 Å². The van der Waals surface area contributed by atoms with Crippen molar-refractivity contribution in [2.24, 2.45) is 11.3 Å². The zero-order valence-corrected chi connectivity index (χ0v) is 10.4. The Morgan fingerprint density at radius 3 is 2.56 bits per heavy atom. The Kier molecular flexibility index (Phi) is 3.03. The highest BCUT2D eigenvalue weighted by atomic mass is 79.9. The summed E-state index contributed by atoms with van der Waals surface area (Å²) >= 11 is 3.05. The maximum absolute atomic E-state index is 13.9. The van der Waals surface area contributed by atoms with E-state index >= 15 is 0 Å². The van der Waals surface area contributed by atoms with E-state index in [1.165, 1.54) is 12.1 Å². The Morgan fingerprint density at radius 2 is 2.06 bits per heavy atom. The molecule has 16 heavy (non-hydrogen) atoms. The van der Waals surface area contributed by atoms with Crippen molar-refractivity contribution < 1.29 is 8.78 Å². The molecule has 5 heteroatoms. The number of hydrazine groups is 1. The summed E-state index contributed by atoms with van der Waals surface area (Å²) in [5, 5.41) is 0. The Hall–Kier alpha value is -0.520. The van der Waals surface area contributed by atoms with Gasteiger partial charge in [-0.15, -0.1) is 0 Å². The molecule has 88 valence electrons. The molecular formula is C11H13BrF2N2. The van der Waals surface area contributed by atoms with Gasteiger partial charge in [0.2, 0.25) is 0 Å². The largest absolute Gasteiger partial charge is 0.271 e. The number of hydrogen-bond donors (Lipinski definition) is 2. The number of rotatable bonds is 3. The molecule has 2 rings (SSSR count). The van der Waals surface area contributed by atoms with E-state index in [0.29, 0.717) is 0 Å². The second kappa shape index (κ2) is 4.05. The fourth-order valence-corrected chi connectivity index (χ4v) is 2.27. The van der Waals surface area contributed by atoms with E-state index in [1.54, 1.807) is 0 Å². The van der Waals surface area contributed by atoms with Gasteiger partial charge in [-0.25, -0.2) is 8.78 Å². The number of hydrogen-bond acceptors (Lipinski definition) is 2. The number of halogens is 3. The van der Waals surface area contributed by atoms with Crippen LogP contribution >= 0.6 is 15.9 Å². The van der Waals surface area contributed by atoms with Crippen LogP contribution in [0.1, 0.15) is 31.4 Å². The minimum Gasteiger partial charge on any atom is -0.271 e. The van der Waals surface area contributed by atoms with E-state index in [4.69, 9.17) is 5.84 Å². The third kappa shape index (κ3) is 1.87. The predicted octanol–water partition coefficient (Wildman–Crippen LogP) is 3.03. The standard InChI is InChI=1S/C11H13BrF2N2/c1-11(4-5-11)10(16-15)8-7(13)3-2-6(12)9(8)14/h2-3,10,16H,4-5,15H2,1H3. The first-order valence-corrected chi connectivity index (χ1v) is 5.88. The van der Waals surface area contributed by atoms with Crippen LogP contribution in [0, 0.1) is 17.0 Å². The first kappa shape index (κ1) is 12.0. The minimum atomic E-state index is -0.573. The molecule has 1 aromatic carbocycles. The lowest BCUT2D eigenvalue weighted by atomic mass is 9.91. The average Bonchev–Trinajstić information content (AvgIpc) is 2.98. The molecule has 1 unspecified atom stereocenters. The molecule has 2 nitrogen and oxygen atoms in total. The number of nitrogens with two attached hydrogens (primary N) is 1. The summed E-state index contributed by atoms with van der Waals surface area (Å²) in [6, 6.07) is 2.13. The molecule has 0 saturated heterocycles. The highest BCUT2D eigenvalue weighted by Gasteiger charge is 2.47. The van der Waals surface area contributed by atoms with Crippen LogP contribution in [0.5, 0.6) is 0 Å². The van der Waals surface area contributed by atoms with Crippen LogP contribution in [-0.2, 0) is 0 Å². The van der Waals surface area contributed by atoms with Crippen molar-refractivity contribution in [3.8, 4) is 0 Å². The molecule has 0 bridgehead atoms. The minimum absolute atomic E-state index is 0.0249. The van der Waals surface area contributed by atoms with Crippen LogP contribution in [0.4, 0.5) is 8.78 Å². The number of benzene rings is 1. The van der Waals surface area contributed by atoms with Gasteiger partial charge in [0.15, 0.2) is 0 Å². The van der Waals surface area contributed by atoms with Gasteiger partial charge in [0, 0.05) is 5.56 Å². The van der Waals surface area contributed by atoms with Crippen LogP contribution in [0.3, 0.4) is 0 Å². The maximum Gasteiger partial charge on any atom is 0.145 e. The molecule has 1 fully saturated rings. The molecular weight excluding hydrogens is 278 g/mol. The van der Waals surface area contributed by atoms with Crippen molar-refractivity contribution in [3.05, 3.63) is 33.8 Å². The maximum atomic E-state index is 13.9. The lowest BCUT2D eigenvalue weighted by Crippen LogP contribution is -2.34. The fourth-order valence-electron chi connectivity index (χ4n) is 1.93. The van der Waals surface area contributed by atoms with Crippen LogP contribution < -0.4 is 11.3 Å². The monoisotopic (exact) mass is 290 g/mol. The molecule has 0 aliphatic heterocycles. The Labute approximate surface area is 101 Å². The molecule has 3 N–H and O–H groups in total. The average molecular weight is 291 g/mol. The summed E-state index contributed by atoms with van der Waals surface area (Å²) in [6.07, 6.45) is 1.85. The van der Waals surface area contributed by atoms with E-state index in [1.807, 2.05) is 6.92 Å². The summed E-state index contributed by atoms with van der Waals surface area (Å²) in [5.74, 6) is 4.29.